The standard InChI is InChI=1S/C11H13ClFN/c12-8-2-4-11(13)10(6-8)7-1-3-9(14)5-7/h2,4,6-7,9H,1,3,5,14H2. The van der Waals surface area contributed by atoms with E-state index in [-0.39, 0.29) is 17.8 Å². The number of benzene rings is 1. The molecule has 0 aliphatic heterocycles. The first-order valence-electron chi connectivity index (χ1n) is 4.87. The topological polar surface area (TPSA) is 26.0 Å². The minimum Gasteiger partial charge on any atom is -0.328 e. The summed E-state index contributed by atoms with van der Waals surface area (Å²) in [6, 6.07) is 4.95. The molecular weight excluding hydrogens is 201 g/mol. The van der Waals surface area contributed by atoms with Crippen molar-refractivity contribution in [1.82, 2.24) is 0 Å². The first kappa shape index (κ1) is 9.94. The van der Waals surface area contributed by atoms with Crippen molar-refractivity contribution in [3.63, 3.8) is 0 Å². The van der Waals surface area contributed by atoms with E-state index in [0.29, 0.717) is 5.02 Å². The average Bonchev–Trinajstić information content (AvgIpc) is 2.56. The molecule has 2 rings (SSSR count). The van der Waals surface area contributed by atoms with Crippen LogP contribution in [-0.2, 0) is 0 Å². The summed E-state index contributed by atoms with van der Waals surface area (Å²) in [4.78, 5) is 0. The summed E-state index contributed by atoms with van der Waals surface area (Å²) in [5, 5.41) is 0.599. The molecule has 14 heavy (non-hydrogen) atoms. The largest absolute Gasteiger partial charge is 0.328 e. The van der Waals surface area contributed by atoms with Crippen LogP contribution in [0.1, 0.15) is 30.7 Å². The zero-order valence-electron chi connectivity index (χ0n) is 7.84. The highest BCUT2D eigenvalue weighted by atomic mass is 35.5. The second-order valence-corrected chi connectivity index (χ2v) is 4.37. The van der Waals surface area contributed by atoms with Crippen molar-refractivity contribution in [2.45, 2.75) is 31.2 Å². The van der Waals surface area contributed by atoms with Crippen molar-refractivity contribution < 1.29 is 4.39 Å². The molecule has 3 heteroatoms. The van der Waals surface area contributed by atoms with Crippen LogP contribution >= 0.6 is 11.6 Å². The fourth-order valence-corrected chi connectivity index (χ4v) is 2.31. The van der Waals surface area contributed by atoms with Crippen molar-refractivity contribution >= 4 is 11.6 Å². The SMILES string of the molecule is NC1CCC(c2cc(Cl)ccc2F)C1. The molecule has 1 saturated carbocycles. The predicted molar refractivity (Wildman–Crippen MR) is 56.0 cm³/mol. The summed E-state index contributed by atoms with van der Waals surface area (Å²) in [6.45, 7) is 0. The Balaban J connectivity index is 2.27. The maximum absolute atomic E-state index is 13.4. The van der Waals surface area contributed by atoms with Gasteiger partial charge in [0.15, 0.2) is 0 Å². The first-order chi connectivity index (χ1) is 6.66. The third-order valence-electron chi connectivity index (χ3n) is 2.87. The molecule has 0 heterocycles. The second-order valence-electron chi connectivity index (χ2n) is 3.94. The molecule has 0 saturated heterocycles. The van der Waals surface area contributed by atoms with E-state index in [0.717, 1.165) is 24.8 Å². The van der Waals surface area contributed by atoms with Crippen LogP contribution in [0, 0.1) is 5.82 Å². The smallest absolute Gasteiger partial charge is 0.126 e. The highest BCUT2D eigenvalue weighted by Gasteiger charge is 2.25. The van der Waals surface area contributed by atoms with Gasteiger partial charge in [0.25, 0.3) is 0 Å². The van der Waals surface area contributed by atoms with Crippen molar-refractivity contribution in [1.29, 1.82) is 0 Å². The Morgan fingerprint density at radius 2 is 2.14 bits per heavy atom. The van der Waals surface area contributed by atoms with Crippen molar-refractivity contribution in [2.24, 2.45) is 5.73 Å². The van der Waals surface area contributed by atoms with Crippen molar-refractivity contribution in [2.75, 3.05) is 0 Å². The first-order valence-corrected chi connectivity index (χ1v) is 5.25. The molecule has 76 valence electrons. The molecule has 1 aromatic rings. The highest BCUT2D eigenvalue weighted by molar-refractivity contribution is 6.30. The molecule has 2 unspecified atom stereocenters. The van der Waals surface area contributed by atoms with Gasteiger partial charge in [-0.3, -0.25) is 0 Å². The number of hydrogen-bond acceptors (Lipinski definition) is 1. The Labute approximate surface area is 88.1 Å². The zero-order valence-corrected chi connectivity index (χ0v) is 8.60. The minimum atomic E-state index is -0.159. The second kappa shape index (κ2) is 3.87. The quantitative estimate of drug-likeness (QED) is 0.763. The summed E-state index contributed by atoms with van der Waals surface area (Å²) < 4.78 is 13.4. The molecule has 0 spiro atoms. The number of nitrogens with two attached hydrogens (primary N) is 1. The Kier molecular flexibility index (Phi) is 2.75. The zero-order chi connectivity index (χ0) is 10.1. The molecule has 1 fully saturated rings. The van der Waals surface area contributed by atoms with Gasteiger partial charge in [-0.25, -0.2) is 4.39 Å². The molecule has 2 N–H and O–H groups in total. The van der Waals surface area contributed by atoms with E-state index >= 15 is 0 Å². The molecule has 0 amide bonds. The summed E-state index contributed by atoms with van der Waals surface area (Å²) >= 11 is 5.83. The van der Waals surface area contributed by atoms with Gasteiger partial charge in [0.2, 0.25) is 0 Å². The monoisotopic (exact) mass is 213 g/mol. The van der Waals surface area contributed by atoms with E-state index in [2.05, 4.69) is 0 Å². The highest BCUT2D eigenvalue weighted by Crippen LogP contribution is 2.35. The van der Waals surface area contributed by atoms with Crippen LogP contribution < -0.4 is 5.73 Å². The van der Waals surface area contributed by atoms with Crippen LogP contribution in [0.15, 0.2) is 18.2 Å². The van der Waals surface area contributed by atoms with Gasteiger partial charge in [-0.2, -0.15) is 0 Å². The van der Waals surface area contributed by atoms with Crippen molar-refractivity contribution in [3.8, 4) is 0 Å². The van der Waals surface area contributed by atoms with Crippen LogP contribution in [0.3, 0.4) is 0 Å². The van der Waals surface area contributed by atoms with Gasteiger partial charge in [-0.05, 0) is 48.9 Å². The van der Waals surface area contributed by atoms with Gasteiger partial charge in [0.05, 0.1) is 0 Å². The summed E-state index contributed by atoms with van der Waals surface area (Å²) in [6.07, 6.45) is 2.83. The van der Waals surface area contributed by atoms with E-state index in [1.54, 1.807) is 12.1 Å². The molecule has 0 bridgehead atoms. The van der Waals surface area contributed by atoms with E-state index in [9.17, 15) is 4.39 Å². The molecule has 1 nitrogen and oxygen atoms in total. The fraction of sp³-hybridized carbons (Fsp3) is 0.455. The maximum Gasteiger partial charge on any atom is 0.126 e. The third kappa shape index (κ3) is 1.91. The lowest BCUT2D eigenvalue weighted by Crippen LogP contribution is -2.14. The lowest BCUT2D eigenvalue weighted by atomic mass is 9.97. The van der Waals surface area contributed by atoms with Crippen LogP contribution in [0.5, 0.6) is 0 Å². The summed E-state index contributed by atoms with van der Waals surface area (Å²) in [5.74, 6) is 0.0946. The van der Waals surface area contributed by atoms with Gasteiger partial charge in [0, 0.05) is 11.1 Å². The lowest BCUT2D eigenvalue weighted by Gasteiger charge is -2.11. The Bertz CT molecular complexity index is 340. The molecule has 2 atom stereocenters. The Morgan fingerprint density at radius 1 is 1.36 bits per heavy atom. The number of halogens is 2. The van der Waals surface area contributed by atoms with E-state index in [1.807, 2.05) is 0 Å². The van der Waals surface area contributed by atoms with E-state index < -0.39 is 0 Å². The van der Waals surface area contributed by atoms with Crippen LogP contribution in [0.2, 0.25) is 5.02 Å². The van der Waals surface area contributed by atoms with Gasteiger partial charge in [-0.15, -0.1) is 0 Å². The molecular formula is C11H13ClFN. The predicted octanol–water partition coefficient (Wildman–Crippen LogP) is 3.07. The van der Waals surface area contributed by atoms with Crippen LogP contribution in [0.25, 0.3) is 0 Å². The van der Waals surface area contributed by atoms with Gasteiger partial charge < -0.3 is 5.73 Å². The van der Waals surface area contributed by atoms with Crippen LogP contribution in [-0.4, -0.2) is 6.04 Å². The summed E-state index contributed by atoms with van der Waals surface area (Å²) in [7, 11) is 0. The lowest BCUT2D eigenvalue weighted by molar-refractivity contribution is 0.576. The van der Waals surface area contributed by atoms with Gasteiger partial charge >= 0.3 is 0 Å². The molecule has 1 aliphatic carbocycles. The fourth-order valence-electron chi connectivity index (χ4n) is 2.13. The van der Waals surface area contributed by atoms with E-state index in [1.165, 1.54) is 6.07 Å². The normalized spacial score (nSPS) is 26.8. The van der Waals surface area contributed by atoms with Crippen LogP contribution in [0.4, 0.5) is 4.39 Å². The molecule has 1 aliphatic rings. The van der Waals surface area contributed by atoms with Gasteiger partial charge in [0.1, 0.15) is 5.82 Å². The van der Waals surface area contributed by atoms with Crippen molar-refractivity contribution in [3.05, 3.63) is 34.6 Å². The maximum atomic E-state index is 13.4. The average molecular weight is 214 g/mol. The van der Waals surface area contributed by atoms with Gasteiger partial charge in [-0.1, -0.05) is 11.6 Å². The number of rotatable bonds is 1. The molecule has 0 aromatic heterocycles. The third-order valence-corrected chi connectivity index (χ3v) is 3.11. The Morgan fingerprint density at radius 3 is 2.79 bits per heavy atom. The minimum absolute atomic E-state index is 0.159. The Hall–Kier alpha value is -0.600. The van der Waals surface area contributed by atoms with E-state index in [4.69, 9.17) is 17.3 Å². The molecule has 0 radical (unpaired) electrons. The summed E-state index contributed by atoms with van der Waals surface area (Å²) in [5.41, 5.74) is 6.52. The number of hydrogen-bond donors (Lipinski definition) is 1. The molecule has 1 aromatic carbocycles.